The van der Waals surface area contributed by atoms with Gasteiger partial charge in [-0.3, -0.25) is 0 Å². The van der Waals surface area contributed by atoms with Gasteiger partial charge in [0.2, 0.25) is 0 Å². The molecule has 0 heteroatoms. The minimum Gasteiger partial charge on any atom is -0.0587 e. The zero-order chi connectivity index (χ0) is 16.3. The fourth-order valence-electron chi connectivity index (χ4n) is 3.61. The van der Waals surface area contributed by atoms with E-state index in [1.54, 1.807) is 0 Å². The summed E-state index contributed by atoms with van der Waals surface area (Å²) in [7, 11) is 0. The predicted molar refractivity (Wildman–Crippen MR) is 96.8 cm³/mol. The van der Waals surface area contributed by atoms with Crippen molar-refractivity contribution in [1.82, 2.24) is 0 Å². The van der Waals surface area contributed by atoms with E-state index in [0.717, 1.165) is 0 Å². The molecule has 3 rings (SSSR count). The van der Waals surface area contributed by atoms with Crippen LogP contribution >= 0.6 is 0 Å². The van der Waals surface area contributed by atoms with E-state index in [-0.39, 0.29) is 10.8 Å². The standard InChI is InChI=1S/C22H28/c1-14(2)15-8-10-19-17(12-15)18-13-16(21(3,4)5)9-11-20(18)22(19,6)7/h8-14H,1-7H3. The molecule has 116 valence electrons. The Balaban J connectivity index is 2.27. The van der Waals surface area contributed by atoms with Gasteiger partial charge in [0.15, 0.2) is 0 Å². The first-order valence-corrected chi connectivity index (χ1v) is 8.42. The number of hydrogen-bond acceptors (Lipinski definition) is 0. The van der Waals surface area contributed by atoms with Gasteiger partial charge in [0.05, 0.1) is 0 Å². The summed E-state index contributed by atoms with van der Waals surface area (Å²) < 4.78 is 0. The molecule has 22 heavy (non-hydrogen) atoms. The fraction of sp³-hybridized carbons (Fsp3) is 0.455. The molecule has 0 aromatic heterocycles. The average molecular weight is 292 g/mol. The first-order chi connectivity index (χ1) is 10.1. The first kappa shape index (κ1) is 15.3. The van der Waals surface area contributed by atoms with Crippen LogP contribution in [0.1, 0.15) is 76.6 Å². The molecule has 0 nitrogen and oxygen atoms in total. The molecule has 0 radical (unpaired) electrons. The molecular weight excluding hydrogens is 264 g/mol. The van der Waals surface area contributed by atoms with Crippen LogP contribution in [0.2, 0.25) is 0 Å². The molecule has 1 aliphatic rings. The quantitative estimate of drug-likeness (QED) is 0.569. The molecule has 0 spiro atoms. The Morgan fingerprint density at radius 3 is 1.91 bits per heavy atom. The summed E-state index contributed by atoms with van der Waals surface area (Å²) in [6, 6.07) is 14.2. The van der Waals surface area contributed by atoms with E-state index in [2.05, 4.69) is 84.9 Å². The van der Waals surface area contributed by atoms with E-state index >= 15 is 0 Å². The van der Waals surface area contributed by atoms with Crippen molar-refractivity contribution in [3.05, 3.63) is 58.7 Å². The van der Waals surface area contributed by atoms with Crippen LogP contribution in [0.3, 0.4) is 0 Å². The normalized spacial score (nSPS) is 15.8. The van der Waals surface area contributed by atoms with Crippen LogP contribution in [-0.2, 0) is 10.8 Å². The summed E-state index contributed by atoms with van der Waals surface area (Å²) in [5.74, 6) is 0.572. The predicted octanol–water partition coefficient (Wildman–Crippen LogP) is 6.41. The van der Waals surface area contributed by atoms with Gasteiger partial charge in [-0.2, -0.15) is 0 Å². The highest BCUT2D eigenvalue weighted by Gasteiger charge is 2.36. The van der Waals surface area contributed by atoms with Crippen molar-refractivity contribution in [2.75, 3.05) is 0 Å². The minimum absolute atomic E-state index is 0.108. The van der Waals surface area contributed by atoms with E-state index in [4.69, 9.17) is 0 Å². The van der Waals surface area contributed by atoms with Crippen LogP contribution in [0.4, 0.5) is 0 Å². The molecule has 2 aromatic rings. The molecular formula is C22H28. The lowest BCUT2D eigenvalue weighted by atomic mass is 9.80. The van der Waals surface area contributed by atoms with Gasteiger partial charge in [0, 0.05) is 5.41 Å². The third kappa shape index (κ3) is 2.20. The fourth-order valence-corrected chi connectivity index (χ4v) is 3.61. The van der Waals surface area contributed by atoms with E-state index in [9.17, 15) is 0 Å². The summed E-state index contributed by atoms with van der Waals surface area (Å²) in [6.45, 7) is 16.1. The summed E-state index contributed by atoms with van der Waals surface area (Å²) in [5, 5.41) is 0. The van der Waals surface area contributed by atoms with Crippen molar-refractivity contribution in [1.29, 1.82) is 0 Å². The zero-order valence-electron chi connectivity index (χ0n) is 15.0. The van der Waals surface area contributed by atoms with Gasteiger partial charge in [-0.05, 0) is 44.7 Å². The monoisotopic (exact) mass is 292 g/mol. The van der Waals surface area contributed by atoms with E-state index in [1.165, 1.54) is 33.4 Å². The first-order valence-electron chi connectivity index (χ1n) is 8.42. The third-order valence-corrected chi connectivity index (χ3v) is 5.23. The van der Waals surface area contributed by atoms with E-state index in [0.29, 0.717) is 5.92 Å². The Labute approximate surface area is 135 Å². The maximum atomic E-state index is 2.42. The summed E-state index contributed by atoms with van der Waals surface area (Å²) in [4.78, 5) is 0. The number of rotatable bonds is 1. The molecule has 0 amide bonds. The van der Waals surface area contributed by atoms with Crippen LogP contribution < -0.4 is 0 Å². The Morgan fingerprint density at radius 2 is 1.36 bits per heavy atom. The highest BCUT2D eigenvalue weighted by molar-refractivity contribution is 5.81. The summed E-state index contributed by atoms with van der Waals surface area (Å²) in [5.41, 5.74) is 8.98. The Hall–Kier alpha value is -1.56. The summed E-state index contributed by atoms with van der Waals surface area (Å²) >= 11 is 0. The van der Waals surface area contributed by atoms with Gasteiger partial charge in [-0.25, -0.2) is 0 Å². The molecule has 0 N–H and O–H groups in total. The highest BCUT2D eigenvalue weighted by atomic mass is 14.4. The van der Waals surface area contributed by atoms with Crippen molar-refractivity contribution < 1.29 is 0 Å². The number of hydrogen-bond donors (Lipinski definition) is 0. The third-order valence-electron chi connectivity index (χ3n) is 5.23. The molecule has 0 saturated heterocycles. The smallest absolute Gasteiger partial charge is 0.0158 e. The number of benzene rings is 2. The number of fused-ring (bicyclic) bond motifs is 3. The average Bonchev–Trinajstić information content (AvgIpc) is 2.66. The van der Waals surface area contributed by atoms with Crippen molar-refractivity contribution in [3.8, 4) is 11.1 Å². The largest absolute Gasteiger partial charge is 0.0587 e. The topological polar surface area (TPSA) is 0 Å². The summed E-state index contributed by atoms with van der Waals surface area (Å²) in [6.07, 6.45) is 0. The molecule has 0 heterocycles. The lowest BCUT2D eigenvalue weighted by Gasteiger charge is -2.23. The van der Waals surface area contributed by atoms with Crippen molar-refractivity contribution >= 4 is 0 Å². The van der Waals surface area contributed by atoms with Crippen molar-refractivity contribution in [2.45, 2.75) is 65.2 Å². The van der Waals surface area contributed by atoms with Gasteiger partial charge in [-0.1, -0.05) is 84.9 Å². The second-order valence-electron chi connectivity index (χ2n) is 8.60. The maximum absolute atomic E-state index is 2.42. The maximum Gasteiger partial charge on any atom is 0.0158 e. The second kappa shape index (κ2) is 4.72. The van der Waals surface area contributed by atoms with E-state index < -0.39 is 0 Å². The molecule has 0 unspecified atom stereocenters. The van der Waals surface area contributed by atoms with Gasteiger partial charge in [0.1, 0.15) is 0 Å². The van der Waals surface area contributed by atoms with Gasteiger partial charge in [-0.15, -0.1) is 0 Å². The van der Waals surface area contributed by atoms with Gasteiger partial charge < -0.3 is 0 Å². The molecule has 0 aliphatic heterocycles. The second-order valence-corrected chi connectivity index (χ2v) is 8.60. The molecule has 0 bridgehead atoms. The Bertz CT molecular complexity index is 724. The van der Waals surface area contributed by atoms with Gasteiger partial charge >= 0.3 is 0 Å². The lowest BCUT2D eigenvalue weighted by Crippen LogP contribution is -2.16. The molecule has 0 fully saturated rings. The van der Waals surface area contributed by atoms with Crippen LogP contribution in [0, 0.1) is 0 Å². The van der Waals surface area contributed by atoms with Crippen molar-refractivity contribution in [2.24, 2.45) is 0 Å². The highest BCUT2D eigenvalue weighted by Crippen LogP contribution is 2.50. The van der Waals surface area contributed by atoms with Crippen LogP contribution in [-0.4, -0.2) is 0 Å². The minimum atomic E-state index is 0.108. The van der Waals surface area contributed by atoms with Crippen LogP contribution in [0.5, 0.6) is 0 Å². The zero-order valence-corrected chi connectivity index (χ0v) is 15.0. The van der Waals surface area contributed by atoms with E-state index in [1.807, 2.05) is 0 Å². The van der Waals surface area contributed by atoms with Gasteiger partial charge in [0.25, 0.3) is 0 Å². The molecule has 2 aromatic carbocycles. The molecule has 1 aliphatic carbocycles. The van der Waals surface area contributed by atoms with Crippen LogP contribution in [0.25, 0.3) is 11.1 Å². The Morgan fingerprint density at radius 1 is 0.818 bits per heavy atom. The Kier molecular flexibility index (Phi) is 3.29. The molecule has 0 atom stereocenters. The van der Waals surface area contributed by atoms with Crippen LogP contribution in [0.15, 0.2) is 36.4 Å². The SMILES string of the molecule is CC(C)c1ccc2c(c1)-c1cc(C(C)(C)C)ccc1C2(C)C. The van der Waals surface area contributed by atoms with Crippen molar-refractivity contribution in [3.63, 3.8) is 0 Å². The lowest BCUT2D eigenvalue weighted by molar-refractivity contribution is 0.589. The molecule has 0 saturated carbocycles.